The summed E-state index contributed by atoms with van der Waals surface area (Å²) in [5.74, 6) is 0. The Morgan fingerprint density at radius 1 is 1.67 bits per heavy atom. The Kier molecular flexibility index (Phi) is 6.05. The minimum absolute atomic E-state index is 0.0512. The van der Waals surface area contributed by atoms with Crippen molar-refractivity contribution in [3.63, 3.8) is 0 Å². The number of thioether (sulfide) groups is 1. The molecule has 0 aromatic rings. The van der Waals surface area contributed by atoms with Crippen LogP contribution in [0.4, 0.5) is 4.79 Å². The van der Waals surface area contributed by atoms with Crippen molar-refractivity contribution < 1.29 is 9.53 Å². The van der Waals surface area contributed by atoms with Gasteiger partial charge < -0.3 is 10.1 Å². The summed E-state index contributed by atoms with van der Waals surface area (Å²) in [6.45, 7) is 3.77. The van der Waals surface area contributed by atoms with E-state index in [-0.39, 0.29) is 5.24 Å². The smallest absolute Gasteiger partial charge is 0.278 e. The zero-order valence-electron chi connectivity index (χ0n) is 9.49. The maximum Gasteiger partial charge on any atom is 0.278 e. The Morgan fingerprint density at radius 2 is 2.47 bits per heavy atom. The van der Waals surface area contributed by atoms with Crippen LogP contribution in [-0.2, 0) is 4.74 Å². The molecule has 0 bridgehead atoms. The van der Waals surface area contributed by atoms with E-state index in [0.29, 0.717) is 6.10 Å². The van der Waals surface area contributed by atoms with E-state index < -0.39 is 0 Å². The van der Waals surface area contributed by atoms with Crippen LogP contribution < -0.4 is 5.32 Å². The normalized spacial score (nSPS) is 22.7. The summed E-state index contributed by atoms with van der Waals surface area (Å²) in [6, 6.07) is 0. The second-order valence-corrected chi connectivity index (χ2v) is 4.50. The summed E-state index contributed by atoms with van der Waals surface area (Å²) in [5, 5.41) is 2.91. The monoisotopic (exact) mass is 232 g/mol. The van der Waals surface area contributed by atoms with Crippen molar-refractivity contribution in [1.29, 1.82) is 0 Å². The Balaban J connectivity index is 2.12. The van der Waals surface area contributed by atoms with Crippen molar-refractivity contribution in [3.8, 4) is 0 Å². The first-order chi connectivity index (χ1) is 7.26. The Hall–Kier alpha value is -0.260. The van der Waals surface area contributed by atoms with Crippen LogP contribution in [-0.4, -0.2) is 55.8 Å². The van der Waals surface area contributed by atoms with Crippen LogP contribution in [0.2, 0.25) is 0 Å². The van der Waals surface area contributed by atoms with E-state index in [1.165, 1.54) is 18.2 Å². The number of carbonyl (C=O) groups is 1. The maximum atomic E-state index is 11.0. The van der Waals surface area contributed by atoms with Crippen molar-refractivity contribution in [1.82, 2.24) is 10.2 Å². The number of piperidine rings is 1. The molecule has 1 saturated heterocycles. The molecule has 0 radical (unpaired) electrons. The van der Waals surface area contributed by atoms with Gasteiger partial charge in [-0.2, -0.15) is 0 Å². The van der Waals surface area contributed by atoms with Gasteiger partial charge in [0, 0.05) is 26.7 Å². The fourth-order valence-electron chi connectivity index (χ4n) is 1.80. The lowest BCUT2D eigenvalue weighted by Crippen LogP contribution is -2.42. The number of nitrogens with one attached hydrogen (secondary N) is 1. The Bertz CT molecular complexity index is 202. The Labute approximate surface area is 95.7 Å². The van der Waals surface area contributed by atoms with Gasteiger partial charge in [0.15, 0.2) is 0 Å². The number of amides is 1. The first-order valence-corrected chi connectivity index (χ1v) is 6.55. The van der Waals surface area contributed by atoms with E-state index in [9.17, 15) is 4.79 Å². The quantitative estimate of drug-likeness (QED) is 0.790. The first kappa shape index (κ1) is 12.8. The summed E-state index contributed by atoms with van der Waals surface area (Å²) in [5.41, 5.74) is 0. The molecule has 0 aromatic carbocycles. The third kappa shape index (κ3) is 4.86. The van der Waals surface area contributed by atoms with Gasteiger partial charge in [-0.1, -0.05) is 11.8 Å². The number of methoxy groups -OCH3 is 1. The largest absolute Gasteiger partial charge is 0.380 e. The summed E-state index contributed by atoms with van der Waals surface area (Å²) in [6.07, 6.45) is 4.51. The lowest BCUT2D eigenvalue weighted by molar-refractivity contribution is 0.0322. The molecule has 0 saturated carbocycles. The fourth-order valence-corrected chi connectivity index (χ4v) is 2.04. The standard InChI is InChI=1S/C10H20N2O2S/c1-14-9-4-3-6-12(8-9)7-5-11-10(13)15-2/h9H,3-8H2,1-2H3,(H,11,13). The van der Waals surface area contributed by atoms with Crippen molar-refractivity contribution >= 4 is 17.0 Å². The molecule has 1 rings (SSSR count). The van der Waals surface area contributed by atoms with Crippen molar-refractivity contribution in [2.75, 3.05) is 39.5 Å². The number of ether oxygens (including phenoxy) is 1. The second kappa shape index (κ2) is 7.09. The Morgan fingerprint density at radius 3 is 3.13 bits per heavy atom. The van der Waals surface area contributed by atoms with Gasteiger partial charge in [-0.25, -0.2) is 0 Å². The first-order valence-electron chi connectivity index (χ1n) is 5.33. The molecule has 1 heterocycles. The van der Waals surface area contributed by atoms with Crippen LogP contribution in [0, 0.1) is 0 Å². The number of hydrogen-bond acceptors (Lipinski definition) is 4. The van der Waals surface area contributed by atoms with E-state index in [4.69, 9.17) is 4.74 Å². The molecule has 1 unspecified atom stereocenters. The number of nitrogens with zero attached hydrogens (tertiary/aromatic N) is 1. The molecular formula is C10H20N2O2S. The fraction of sp³-hybridized carbons (Fsp3) is 0.900. The third-order valence-corrected chi connectivity index (χ3v) is 3.19. The number of likely N-dealkylation sites (tertiary alicyclic amines) is 1. The molecule has 1 aliphatic heterocycles. The van der Waals surface area contributed by atoms with E-state index in [1.54, 1.807) is 13.4 Å². The van der Waals surface area contributed by atoms with Gasteiger partial charge in [-0.15, -0.1) is 0 Å². The number of rotatable bonds is 4. The molecule has 0 spiro atoms. The number of hydrogen-bond donors (Lipinski definition) is 1. The highest BCUT2D eigenvalue weighted by Gasteiger charge is 2.18. The van der Waals surface area contributed by atoms with Gasteiger partial charge in [0.25, 0.3) is 5.24 Å². The zero-order valence-corrected chi connectivity index (χ0v) is 10.3. The minimum atomic E-state index is 0.0512. The summed E-state index contributed by atoms with van der Waals surface area (Å²) in [4.78, 5) is 13.3. The number of carbonyl (C=O) groups excluding carboxylic acids is 1. The van der Waals surface area contributed by atoms with E-state index in [2.05, 4.69) is 10.2 Å². The molecule has 1 amide bonds. The van der Waals surface area contributed by atoms with Crippen LogP contribution in [0.1, 0.15) is 12.8 Å². The molecule has 1 fully saturated rings. The van der Waals surface area contributed by atoms with Crippen LogP contribution in [0.25, 0.3) is 0 Å². The average Bonchev–Trinajstić information content (AvgIpc) is 2.29. The predicted molar refractivity (Wildman–Crippen MR) is 63.4 cm³/mol. The lowest BCUT2D eigenvalue weighted by Gasteiger charge is -2.31. The maximum absolute atomic E-state index is 11.0. The molecule has 5 heteroatoms. The van der Waals surface area contributed by atoms with Crippen LogP contribution in [0.3, 0.4) is 0 Å². The highest BCUT2D eigenvalue weighted by molar-refractivity contribution is 8.12. The molecule has 0 aliphatic carbocycles. The van der Waals surface area contributed by atoms with Gasteiger partial charge in [0.05, 0.1) is 6.10 Å². The van der Waals surface area contributed by atoms with Gasteiger partial charge in [0.2, 0.25) is 0 Å². The highest BCUT2D eigenvalue weighted by atomic mass is 32.2. The second-order valence-electron chi connectivity index (χ2n) is 3.72. The van der Waals surface area contributed by atoms with Gasteiger partial charge >= 0.3 is 0 Å². The minimum Gasteiger partial charge on any atom is -0.380 e. The average molecular weight is 232 g/mol. The zero-order chi connectivity index (χ0) is 11.1. The topological polar surface area (TPSA) is 41.6 Å². The van der Waals surface area contributed by atoms with Gasteiger partial charge in [-0.3, -0.25) is 9.69 Å². The highest BCUT2D eigenvalue weighted by Crippen LogP contribution is 2.11. The SMILES string of the molecule is COC1CCCN(CCNC(=O)SC)C1. The van der Waals surface area contributed by atoms with Crippen LogP contribution >= 0.6 is 11.8 Å². The van der Waals surface area contributed by atoms with Crippen LogP contribution in [0.15, 0.2) is 0 Å². The van der Waals surface area contributed by atoms with Crippen LogP contribution in [0.5, 0.6) is 0 Å². The molecular weight excluding hydrogens is 212 g/mol. The molecule has 1 aliphatic rings. The van der Waals surface area contributed by atoms with E-state index in [1.807, 2.05) is 0 Å². The van der Waals surface area contributed by atoms with Crippen molar-refractivity contribution in [2.24, 2.45) is 0 Å². The summed E-state index contributed by atoms with van der Waals surface area (Å²) >= 11 is 1.22. The summed E-state index contributed by atoms with van der Waals surface area (Å²) < 4.78 is 5.34. The van der Waals surface area contributed by atoms with Gasteiger partial charge in [0.1, 0.15) is 0 Å². The predicted octanol–water partition coefficient (Wildman–Crippen LogP) is 1.17. The summed E-state index contributed by atoms with van der Waals surface area (Å²) in [7, 11) is 1.77. The third-order valence-electron chi connectivity index (χ3n) is 2.68. The lowest BCUT2D eigenvalue weighted by atomic mass is 10.1. The van der Waals surface area contributed by atoms with E-state index >= 15 is 0 Å². The molecule has 15 heavy (non-hydrogen) atoms. The van der Waals surface area contributed by atoms with Crippen molar-refractivity contribution in [2.45, 2.75) is 18.9 Å². The molecule has 4 nitrogen and oxygen atoms in total. The van der Waals surface area contributed by atoms with Crippen molar-refractivity contribution in [3.05, 3.63) is 0 Å². The van der Waals surface area contributed by atoms with E-state index in [0.717, 1.165) is 32.6 Å². The molecule has 1 atom stereocenters. The molecule has 88 valence electrons. The van der Waals surface area contributed by atoms with Gasteiger partial charge in [-0.05, 0) is 25.6 Å². The molecule has 0 aromatic heterocycles. The molecule has 1 N–H and O–H groups in total.